The fourth-order valence-electron chi connectivity index (χ4n) is 1.85. The van der Waals surface area contributed by atoms with Crippen molar-refractivity contribution in [3.8, 4) is 0 Å². The van der Waals surface area contributed by atoms with Crippen LogP contribution >= 0.6 is 0 Å². The van der Waals surface area contributed by atoms with Crippen LogP contribution in [-0.2, 0) is 13.1 Å². The summed E-state index contributed by atoms with van der Waals surface area (Å²) in [7, 11) is 0. The first-order valence-electron chi connectivity index (χ1n) is 6.13. The van der Waals surface area contributed by atoms with Gasteiger partial charge in [-0.25, -0.2) is 0 Å². The third-order valence-corrected chi connectivity index (χ3v) is 2.98. The number of nitrogens with zero attached hydrogens (tertiary/aromatic N) is 1. The van der Waals surface area contributed by atoms with E-state index in [0.29, 0.717) is 0 Å². The molecule has 3 heteroatoms. The van der Waals surface area contributed by atoms with Gasteiger partial charge in [0.05, 0.1) is 6.04 Å². The molecule has 0 bridgehead atoms. The molecule has 1 unspecified atom stereocenters. The molecule has 1 atom stereocenters. The van der Waals surface area contributed by atoms with Crippen LogP contribution < -0.4 is 5.32 Å². The van der Waals surface area contributed by atoms with Crippen LogP contribution in [0, 0.1) is 6.92 Å². The number of nitrogens with one attached hydrogen (secondary N) is 1. The third kappa shape index (κ3) is 3.01. The zero-order valence-corrected chi connectivity index (χ0v) is 10.7. The van der Waals surface area contributed by atoms with Crippen molar-refractivity contribution < 1.29 is 4.42 Å². The van der Waals surface area contributed by atoms with Gasteiger partial charge in [-0.05, 0) is 44.5 Å². The lowest BCUT2D eigenvalue weighted by Gasteiger charge is -2.10. The maximum absolute atomic E-state index is 5.59. The van der Waals surface area contributed by atoms with E-state index in [1.165, 1.54) is 5.56 Å². The Morgan fingerprint density at radius 3 is 2.76 bits per heavy atom. The van der Waals surface area contributed by atoms with Crippen molar-refractivity contribution in [3.05, 3.63) is 47.7 Å². The van der Waals surface area contributed by atoms with Gasteiger partial charge in [-0.3, -0.25) is 0 Å². The average Bonchev–Trinajstić information content (AvgIpc) is 2.94. The molecule has 2 heterocycles. The van der Waals surface area contributed by atoms with Crippen LogP contribution in [0.1, 0.15) is 37.0 Å². The lowest BCUT2D eigenvalue weighted by atomic mass is 10.2. The minimum atomic E-state index is 0.244. The van der Waals surface area contributed by atoms with Crippen LogP contribution in [-0.4, -0.2) is 4.57 Å². The zero-order valence-electron chi connectivity index (χ0n) is 10.7. The van der Waals surface area contributed by atoms with E-state index in [4.69, 9.17) is 4.42 Å². The number of hydrogen-bond acceptors (Lipinski definition) is 2. The molecule has 0 saturated carbocycles. The first-order valence-corrected chi connectivity index (χ1v) is 6.13. The van der Waals surface area contributed by atoms with Gasteiger partial charge in [-0.1, -0.05) is 0 Å². The molecule has 0 aromatic carbocycles. The standard InChI is InChI=1S/C14H20N2O/c1-4-16-8-7-13(10-16)9-15-12(3)14-6-5-11(2)17-14/h5-8,10,12,15H,4,9H2,1-3H3. The molecule has 0 saturated heterocycles. The van der Waals surface area contributed by atoms with Crippen molar-refractivity contribution in [2.24, 2.45) is 0 Å². The van der Waals surface area contributed by atoms with E-state index in [0.717, 1.165) is 24.6 Å². The molecule has 0 aliphatic carbocycles. The normalized spacial score (nSPS) is 12.9. The van der Waals surface area contributed by atoms with Crippen LogP contribution in [0.5, 0.6) is 0 Å². The molecule has 2 aromatic rings. The SMILES string of the molecule is CCn1ccc(CNC(C)c2ccc(C)o2)c1. The smallest absolute Gasteiger partial charge is 0.120 e. The number of aromatic nitrogens is 1. The molecule has 0 aliphatic heterocycles. The maximum Gasteiger partial charge on any atom is 0.120 e. The molecule has 0 spiro atoms. The molecule has 2 rings (SSSR count). The molecule has 3 nitrogen and oxygen atoms in total. The Morgan fingerprint density at radius 1 is 1.35 bits per heavy atom. The minimum Gasteiger partial charge on any atom is -0.465 e. The molecule has 2 aromatic heterocycles. The molecule has 0 aliphatic rings. The van der Waals surface area contributed by atoms with Crippen molar-refractivity contribution in [1.82, 2.24) is 9.88 Å². The van der Waals surface area contributed by atoms with Crippen LogP contribution in [0.25, 0.3) is 0 Å². The maximum atomic E-state index is 5.59. The highest BCUT2D eigenvalue weighted by Gasteiger charge is 2.08. The zero-order chi connectivity index (χ0) is 12.3. The van der Waals surface area contributed by atoms with E-state index in [1.54, 1.807) is 0 Å². The van der Waals surface area contributed by atoms with Gasteiger partial charge in [-0.2, -0.15) is 0 Å². The van der Waals surface area contributed by atoms with Crippen LogP contribution in [0.15, 0.2) is 35.0 Å². The fraction of sp³-hybridized carbons (Fsp3) is 0.429. The van der Waals surface area contributed by atoms with Gasteiger partial charge in [0.1, 0.15) is 11.5 Å². The average molecular weight is 232 g/mol. The second kappa shape index (κ2) is 5.23. The van der Waals surface area contributed by atoms with Gasteiger partial charge in [-0.15, -0.1) is 0 Å². The summed E-state index contributed by atoms with van der Waals surface area (Å²) >= 11 is 0. The topological polar surface area (TPSA) is 30.1 Å². The number of furan rings is 1. The van der Waals surface area contributed by atoms with Crippen LogP contribution in [0.4, 0.5) is 0 Å². The summed E-state index contributed by atoms with van der Waals surface area (Å²) in [6.45, 7) is 8.12. The van der Waals surface area contributed by atoms with Crippen molar-refractivity contribution in [2.45, 2.75) is 39.9 Å². The van der Waals surface area contributed by atoms with Crippen molar-refractivity contribution >= 4 is 0 Å². The van der Waals surface area contributed by atoms with Gasteiger partial charge in [0.15, 0.2) is 0 Å². The summed E-state index contributed by atoms with van der Waals surface area (Å²) in [4.78, 5) is 0. The van der Waals surface area contributed by atoms with Crippen molar-refractivity contribution in [2.75, 3.05) is 0 Å². The molecule has 0 fully saturated rings. The fourth-order valence-corrected chi connectivity index (χ4v) is 1.85. The summed E-state index contributed by atoms with van der Waals surface area (Å²) in [6, 6.07) is 6.43. The van der Waals surface area contributed by atoms with E-state index < -0.39 is 0 Å². The summed E-state index contributed by atoms with van der Waals surface area (Å²) in [5.74, 6) is 1.96. The lowest BCUT2D eigenvalue weighted by Crippen LogP contribution is -2.17. The van der Waals surface area contributed by atoms with Gasteiger partial charge in [0.2, 0.25) is 0 Å². The van der Waals surface area contributed by atoms with Gasteiger partial charge in [0.25, 0.3) is 0 Å². The van der Waals surface area contributed by atoms with Crippen molar-refractivity contribution in [1.29, 1.82) is 0 Å². The number of aryl methyl sites for hydroxylation is 2. The van der Waals surface area contributed by atoms with E-state index in [2.05, 4.69) is 42.2 Å². The van der Waals surface area contributed by atoms with E-state index in [1.807, 2.05) is 19.1 Å². The lowest BCUT2D eigenvalue weighted by molar-refractivity contribution is 0.416. The second-order valence-electron chi connectivity index (χ2n) is 4.40. The molecule has 0 radical (unpaired) electrons. The number of hydrogen-bond donors (Lipinski definition) is 1. The predicted octanol–water partition coefficient (Wildman–Crippen LogP) is 3.26. The summed E-state index contributed by atoms with van der Waals surface area (Å²) in [6.07, 6.45) is 4.28. The summed E-state index contributed by atoms with van der Waals surface area (Å²) in [5.41, 5.74) is 1.31. The van der Waals surface area contributed by atoms with Crippen molar-refractivity contribution in [3.63, 3.8) is 0 Å². The molecule has 1 N–H and O–H groups in total. The second-order valence-corrected chi connectivity index (χ2v) is 4.40. The van der Waals surface area contributed by atoms with Gasteiger partial charge < -0.3 is 14.3 Å². The first-order chi connectivity index (χ1) is 8.19. The Balaban J connectivity index is 1.89. The first kappa shape index (κ1) is 12.0. The van der Waals surface area contributed by atoms with E-state index in [9.17, 15) is 0 Å². The molecule has 92 valence electrons. The molecule has 17 heavy (non-hydrogen) atoms. The van der Waals surface area contributed by atoms with Gasteiger partial charge >= 0.3 is 0 Å². The third-order valence-electron chi connectivity index (χ3n) is 2.98. The number of rotatable bonds is 5. The van der Waals surface area contributed by atoms with Crippen LogP contribution in [0.3, 0.4) is 0 Å². The Kier molecular flexibility index (Phi) is 3.69. The largest absolute Gasteiger partial charge is 0.465 e. The van der Waals surface area contributed by atoms with Crippen LogP contribution in [0.2, 0.25) is 0 Å². The monoisotopic (exact) mass is 232 g/mol. The highest BCUT2D eigenvalue weighted by Crippen LogP contribution is 2.16. The highest BCUT2D eigenvalue weighted by atomic mass is 16.3. The minimum absolute atomic E-state index is 0.244. The predicted molar refractivity (Wildman–Crippen MR) is 68.8 cm³/mol. The highest BCUT2D eigenvalue weighted by molar-refractivity contribution is 5.12. The van der Waals surface area contributed by atoms with Gasteiger partial charge in [0, 0.05) is 25.5 Å². The Morgan fingerprint density at radius 2 is 2.18 bits per heavy atom. The Hall–Kier alpha value is -1.48. The van der Waals surface area contributed by atoms with E-state index in [-0.39, 0.29) is 6.04 Å². The summed E-state index contributed by atoms with van der Waals surface area (Å²) < 4.78 is 7.77. The van der Waals surface area contributed by atoms with E-state index >= 15 is 0 Å². The quantitative estimate of drug-likeness (QED) is 0.857. The Bertz CT molecular complexity index is 470. The summed E-state index contributed by atoms with van der Waals surface area (Å²) in [5, 5.41) is 3.46. The molecular formula is C14H20N2O. The molecule has 0 amide bonds. The molecular weight excluding hydrogens is 212 g/mol. The Labute approximate surface area is 102 Å².